The third-order valence-electron chi connectivity index (χ3n) is 6.27. The number of carbonyl (C=O) groups excluding carboxylic acids is 3. The Balaban J connectivity index is 1.39. The second-order valence-electron chi connectivity index (χ2n) is 8.81. The van der Waals surface area contributed by atoms with Gasteiger partial charge in [0.25, 0.3) is 5.91 Å². The van der Waals surface area contributed by atoms with E-state index in [2.05, 4.69) is 11.4 Å². The number of hydrogen-bond acceptors (Lipinski definition) is 5. The fraction of sp³-hybridized carbons (Fsp3) is 0.133. The SMILES string of the molecule is CC(=O)c1ccc(NC(=O)COC(=O)c2c3c(nc4ccccc24)C(=Cc2ccc(Cl)cc2)CC3)cc1. The molecule has 1 aliphatic carbocycles. The first kappa shape index (κ1) is 24.4. The van der Waals surface area contributed by atoms with Crippen molar-refractivity contribution in [3.63, 3.8) is 0 Å². The molecule has 1 amide bonds. The Morgan fingerprint density at radius 1 is 0.973 bits per heavy atom. The molecule has 0 unspecified atom stereocenters. The molecular formula is C30H23ClN2O4. The Labute approximate surface area is 218 Å². The number of fused-ring (bicyclic) bond motifs is 2. The van der Waals surface area contributed by atoms with E-state index in [1.54, 1.807) is 24.3 Å². The highest BCUT2D eigenvalue weighted by molar-refractivity contribution is 6.30. The predicted molar refractivity (Wildman–Crippen MR) is 145 cm³/mol. The number of amides is 1. The molecule has 4 aromatic rings. The van der Waals surface area contributed by atoms with Crippen molar-refractivity contribution in [1.29, 1.82) is 0 Å². The molecule has 0 aliphatic heterocycles. The first-order chi connectivity index (χ1) is 17.9. The van der Waals surface area contributed by atoms with E-state index in [0.717, 1.165) is 28.8 Å². The van der Waals surface area contributed by atoms with E-state index in [0.29, 0.717) is 39.2 Å². The first-order valence-corrected chi connectivity index (χ1v) is 12.2. The van der Waals surface area contributed by atoms with Crippen molar-refractivity contribution in [2.75, 3.05) is 11.9 Å². The second-order valence-corrected chi connectivity index (χ2v) is 9.25. The standard InChI is InChI=1S/C30H23ClN2O4/c1-18(34)20-8-13-23(14-9-20)32-27(35)17-37-30(36)28-24-4-2-3-5-26(24)33-29-21(10-15-25(28)29)16-19-6-11-22(31)12-7-19/h2-9,11-14,16H,10,15,17H2,1H3,(H,32,35). The predicted octanol–water partition coefficient (Wildman–Crippen LogP) is 6.37. The topological polar surface area (TPSA) is 85.4 Å². The lowest BCUT2D eigenvalue weighted by molar-refractivity contribution is -0.119. The van der Waals surface area contributed by atoms with Crippen molar-refractivity contribution in [3.8, 4) is 0 Å². The summed E-state index contributed by atoms with van der Waals surface area (Å²) in [7, 11) is 0. The summed E-state index contributed by atoms with van der Waals surface area (Å²) in [5, 5.41) is 4.04. The summed E-state index contributed by atoms with van der Waals surface area (Å²) in [6, 6.07) is 21.5. The van der Waals surface area contributed by atoms with E-state index >= 15 is 0 Å². The van der Waals surface area contributed by atoms with Gasteiger partial charge in [0.1, 0.15) is 0 Å². The van der Waals surface area contributed by atoms with Gasteiger partial charge in [-0.15, -0.1) is 0 Å². The van der Waals surface area contributed by atoms with Gasteiger partial charge in [-0.1, -0.05) is 41.9 Å². The van der Waals surface area contributed by atoms with Gasteiger partial charge < -0.3 is 10.1 Å². The van der Waals surface area contributed by atoms with Gasteiger partial charge in [0.15, 0.2) is 12.4 Å². The summed E-state index contributed by atoms with van der Waals surface area (Å²) in [4.78, 5) is 42.0. The summed E-state index contributed by atoms with van der Waals surface area (Å²) in [5.41, 5.74) is 5.82. The normalized spacial score (nSPS) is 13.4. The van der Waals surface area contributed by atoms with E-state index < -0.39 is 18.5 Å². The summed E-state index contributed by atoms with van der Waals surface area (Å²) < 4.78 is 5.46. The van der Waals surface area contributed by atoms with Crippen LogP contribution in [0.3, 0.4) is 0 Å². The number of nitrogens with one attached hydrogen (secondary N) is 1. The van der Waals surface area contributed by atoms with Crippen LogP contribution in [0.5, 0.6) is 0 Å². The Bertz CT molecular complexity index is 1560. The van der Waals surface area contributed by atoms with Crippen LogP contribution >= 0.6 is 11.6 Å². The fourth-order valence-corrected chi connectivity index (χ4v) is 4.59. The van der Waals surface area contributed by atoms with Crippen LogP contribution in [0.1, 0.15) is 50.9 Å². The molecule has 0 fully saturated rings. The molecule has 184 valence electrons. The lowest BCUT2D eigenvalue weighted by Crippen LogP contribution is -2.21. The molecule has 7 heteroatoms. The van der Waals surface area contributed by atoms with E-state index in [1.165, 1.54) is 6.92 Å². The van der Waals surface area contributed by atoms with Crippen LogP contribution in [-0.4, -0.2) is 29.3 Å². The molecule has 5 rings (SSSR count). The molecular weight excluding hydrogens is 488 g/mol. The molecule has 6 nitrogen and oxygen atoms in total. The Hall–Kier alpha value is -4.29. The van der Waals surface area contributed by atoms with Crippen LogP contribution in [0.25, 0.3) is 22.6 Å². The van der Waals surface area contributed by atoms with Gasteiger partial charge in [0, 0.05) is 21.7 Å². The number of para-hydroxylation sites is 1. The number of Topliss-reactive ketones (excluding diaryl/α,β-unsaturated/α-hetero) is 1. The lowest BCUT2D eigenvalue weighted by Gasteiger charge is -2.12. The van der Waals surface area contributed by atoms with Gasteiger partial charge in [0.2, 0.25) is 0 Å². The van der Waals surface area contributed by atoms with Gasteiger partial charge >= 0.3 is 5.97 Å². The second kappa shape index (κ2) is 10.4. The third kappa shape index (κ3) is 5.29. The Morgan fingerprint density at radius 3 is 2.43 bits per heavy atom. The molecule has 1 heterocycles. The molecule has 1 aliphatic rings. The monoisotopic (exact) mass is 510 g/mol. The van der Waals surface area contributed by atoms with Crippen molar-refractivity contribution >= 4 is 57.5 Å². The van der Waals surface area contributed by atoms with E-state index in [9.17, 15) is 14.4 Å². The number of halogens is 1. The highest BCUT2D eigenvalue weighted by atomic mass is 35.5. The maximum absolute atomic E-state index is 13.3. The highest BCUT2D eigenvalue weighted by Crippen LogP contribution is 2.37. The smallest absolute Gasteiger partial charge is 0.339 e. The fourth-order valence-electron chi connectivity index (χ4n) is 4.46. The molecule has 0 saturated heterocycles. The van der Waals surface area contributed by atoms with Crippen molar-refractivity contribution in [3.05, 3.63) is 106 Å². The zero-order valence-corrected chi connectivity index (χ0v) is 20.8. The third-order valence-corrected chi connectivity index (χ3v) is 6.52. The Morgan fingerprint density at radius 2 is 1.70 bits per heavy atom. The van der Waals surface area contributed by atoms with Crippen molar-refractivity contribution in [1.82, 2.24) is 4.98 Å². The number of esters is 1. The maximum atomic E-state index is 13.3. The number of benzene rings is 3. The highest BCUT2D eigenvalue weighted by Gasteiger charge is 2.28. The van der Waals surface area contributed by atoms with Gasteiger partial charge in [0.05, 0.1) is 16.8 Å². The van der Waals surface area contributed by atoms with Crippen LogP contribution in [0, 0.1) is 0 Å². The number of rotatable bonds is 6. The zero-order chi connectivity index (χ0) is 25.9. The Kier molecular flexibility index (Phi) is 6.84. The number of aromatic nitrogens is 1. The molecule has 0 bridgehead atoms. The summed E-state index contributed by atoms with van der Waals surface area (Å²) in [6.45, 7) is 1.04. The largest absolute Gasteiger partial charge is 0.452 e. The van der Waals surface area contributed by atoms with Crippen LogP contribution in [0.15, 0.2) is 72.8 Å². The number of ketones is 1. The minimum absolute atomic E-state index is 0.0601. The molecule has 0 spiro atoms. The summed E-state index contributed by atoms with van der Waals surface area (Å²) in [6.07, 6.45) is 3.44. The summed E-state index contributed by atoms with van der Waals surface area (Å²) in [5.74, 6) is -1.10. The van der Waals surface area contributed by atoms with Gasteiger partial charge in [-0.2, -0.15) is 0 Å². The summed E-state index contributed by atoms with van der Waals surface area (Å²) >= 11 is 6.02. The quantitative estimate of drug-likeness (QED) is 0.240. The average molecular weight is 511 g/mol. The molecule has 1 aromatic heterocycles. The van der Waals surface area contributed by atoms with Crippen LogP contribution in [0.4, 0.5) is 5.69 Å². The molecule has 1 N–H and O–H groups in total. The van der Waals surface area contributed by atoms with Gasteiger partial charge in [-0.3, -0.25) is 9.59 Å². The maximum Gasteiger partial charge on any atom is 0.339 e. The van der Waals surface area contributed by atoms with E-state index in [1.807, 2.05) is 48.5 Å². The number of carbonyl (C=O) groups is 3. The number of ether oxygens (including phenoxy) is 1. The van der Waals surface area contributed by atoms with E-state index in [4.69, 9.17) is 21.3 Å². The number of nitrogens with zero attached hydrogens (tertiary/aromatic N) is 1. The zero-order valence-electron chi connectivity index (χ0n) is 20.1. The number of hydrogen-bond donors (Lipinski definition) is 1. The van der Waals surface area contributed by atoms with Crippen LogP contribution in [0.2, 0.25) is 5.02 Å². The van der Waals surface area contributed by atoms with Crippen LogP contribution < -0.4 is 5.32 Å². The molecule has 0 saturated carbocycles. The number of anilines is 1. The molecule has 0 radical (unpaired) electrons. The van der Waals surface area contributed by atoms with E-state index in [-0.39, 0.29) is 5.78 Å². The van der Waals surface area contributed by atoms with Crippen LogP contribution in [-0.2, 0) is 16.0 Å². The van der Waals surface area contributed by atoms with Gasteiger partial charge in [-0.05, 0) is 85.0 Å². The molecule has 3 aromatic carbocycles. The average Bonchev–Trinajstić information content (AvgIpc) is 3.29. The minimum atomic E-state index is -0.565. The van der Waals surface area contributed by atoms with Crippen molar-refractivity contribution < 1.29 is 19.1 Å². The number of allylic oxidation sites excluding steroid dienone is 1. The first-order valence-electron chi connectivity index (χ1n) is 11.8. The van der Waals surface area contributed by atoms with Crippen molar-refractivity contribution in [2.24, 2.45) is 0 Å². The minimum Gasteiger partial charge on any atom is -0.452 e. The van der Waals surface area contributed by atoms with Crippen molar-refractivity contribution in [2.45, 2.75) is 19.8 Å². The molecule has 37 heavy (non-hydrogen) atoms. The number of pyridine rings is 1. The lowest BCUT2D eigenvalue weighted by atomic mass is 10.0. The van der Waals surface area contributed by atoms with Gasteiger partial charge in [-0.25, -0.2) is 9.78 Å². The molecule has 0 atom stereocenters.